The Kier molecular flexibility index (Phi) is 5.20. The first-order chi connectivity index (χ1) is 10.1. The molecule has 0 saturated carbocycles. The van der Waals surface area contributed by atoms with Gasteiger partial charge >= 0.3 is 6.09 Å². The van der Waals surface area contributed by atoms with E-state index < -0.39 is 12.1 Å². The number of amides is 2. The van der Waals surface area contributed by atoms with Gasteiger partial charge in [0.1, 0.15) is 12.6 Å². The van der Waals surface area contributed by atoms with Gasteiger partial charge in [-0.25, -0.2) is 4.79 Å². The van der Waals surface area contributed by atoms with Crippen LogP contribution in [0, 0.1) is 0 Å². The molecule has 0 spiro atoms. The van der Waals surface area contributed by atoms with Crippen LogP contribution in [0.2, 0.25) is 0 Å². The molecule has 1 heterocycles. The van der Waals surface area contributed by atoms with E-state index in [4.69, 9.17) is 4.74 Å². The van der Waals surface area contributed by atoms with Gasteiger partial charge in [-0.3, -0.25) is 9.69 Å². The number of likely N-dealkylation sites (tertiary alicyclic amines) is 1. The summed E-state index contributed by atoms with van der Waals surface area (Å²) >= 11 is 0. The second-order valence-electron chi connectivity index (χ2n) is 5.55. The summed E-state index contributed by atoms with van der Waals surface area (Å²) in [4.78, 5) is 25.8. The van der Waals surface area contributed by atoms with Gasteiger partial charge in [0.05, 0.1) is 0 Å². The Hall–Kier alpha value is -2.04. The number of nitrogens with zero attached hydrogens (tertiary/aromatic N) is 1. The minimum absolute atomic E-state index is 0.0697. The number of hydrogen-bond acceptors (Lipinski definition) is 3. The van der Waals surface area contributed by atoms with Crippen molar-refractivity contribution in [3.63, 3.8) is 0 Å². The molecule has 1 aliphatic heterocycles. The number of rotatable bonds is 4. The Labute approximate surface area is 125 Å². The largest absolute Gasteiger partial charge is 0.445 e. The summed E-state index contributed by atoms with van der Waals surface area (Å²) in [6.07, 6.45) is 1.11. The molecule has 1 saturated heterocycles. The Balaban J connectivity index is 1.90. The topological polar surface area (TPSA) is 58.6 Å². The van der Waals surface area contributed by atoms with E-state index in [-0.39, 0.29) is 18.6 Å². The third kappa shape index (κ3) is 4.21. The van der Waals surface area contributed by atoms with Gasteiger partial charge < -0.3 is 10.1 Å². The molecule has 21 heavy (non-hydrogen) atoms. The van der Waals surface area contributed by atoms with E-state index in [2.05, 4.69) is 5.32 Å². The van der Waals surface area contributed by atoms with E-state index in [1.807, 2.05) is 44.2 Å². The highest BCUT2D eigenvalue weighted by Gasteiger charge is 2.35. The standard InChI is InChI=1S/C16H22N2O3/c1-12(2)17-15(19)14-9-6-10-18(14)16(20)21-11-13-7-4-3-5-8-13/h3-5,7-8,12,14H,6,9-11H2,1-2H3,(H,17,19)/t14-/m1/s1. The molecule has 0 bridgehead atoms. The molecule has 2 amide bonds. The van der Waals surface area contributed by atoms with Crippen LogP contribution in [-0.4, -0.2) is 35.5 Å². The van der Waals surface area contributed by atoms with Crippen LogP contribution in [-0.2, 0) is 16.1 Å². The Morgan fingerprint density at radius 2 is 2.05 bits per heavy atom. The molecule has 114 valence electrons. The average Bonchev–Trinajstić information content (AvgIpc) is 2.95. The molecule has 1 aromatic rings. The number of benzene rings is 1. The molecule has 0 radical (unpaired) electrons. The molecule has 0 unspecified atom stereocenters. The van der Waals surface area contributed by atoms with Gasteiger partial charge in [0.25, 0.3) is 0 Å². The van der Waals surface area contributed by atoms with Crippen LogP contribution in [0.1, 0.15) is 32.3 Å². The first-order valence-electron chi connectivity index (χ1n) is 7.35. The van der Waals surface area contributed by atoms with Crippen molar-refractivity contribution < 1.29 is 14.3 Å². The zero-order valence-corrected chi connectivity index (χ0v) is 12.5. The van der Waals surface area contributed by atoms with Gasteiger partial charge in [-0.2, -0.15) is 0 Å². The SMILES string of the molecule is CC(C)NC(=O)[C@H]1CCCN1C(=O)OCc1ccccc1. The fourth-order valence-electron chi connectivity index (χ4n) is 2.44. The second kappa shape index (κ2) is 7.11. The quantitative estimate of drug-likeness (QED) is 0.925. The molecule has 5 heteroatoms. The van der Waals surface area contributed by atoms with E-state index in [0.717, 1.165) is 12.0 Å². The van der Waals surface area contributed by atoms with Crippen molar-refractivity contribution in [2.45, 2.75) is 45.4 Å². The van der Waals surface area contributed by atoms with Crippen molar-refractivity contribution in [1.29, 1.82) is 0 Å². The van der Waals surface area contributed by atoms with E-state index in [1.54, 1.807) is 0 Å². The van der Waals surface area contributed by atoms with Crippen molar-refractivity contribution in [2.24, 2.45) is 0 Å². The Morgan fingerprint density at radius 3 is 2.71 bits per heavy atom. The molecule has 1 aliphatic rings. The summed E-state index contributed by atoms with van der Waals surface area (Å²) in [6.45, 7) is 4.62. The van der Waals surface area contributed by atoms with Gasteiger partial charge in [0.2, 0.25) is 5.91 Å². The van der Waals surface area contributed by atoms with Crippen molar-refractivity contribution in [3.8, 4) is 0 Å². The van der Waals surface area contributed by atoms with Gasteiger partial charge in [-0.1, -0.05) is 30.3 Å². The fourth-order valence-corrected chi connectivity index (χ4v) is 2.44. The number of carbonyl (C=O) groups excluding carboxylic acids is 2. The molecule has 0 aromatic heterocycles. The lowest BCUT2D eigenvalue weighted by atomic mass is 10.2. The minimum atomic E-state index is -0.416. The number of carbonyl (C=O) groups is 2. The predicted octanol–water partition coefficient (Wildman–Crippen LogP) is 2.31. The summed E-state index contributed by atoms with van der Waals surface area (Å²) in [6, 6.07) is 9.19. The minimum Gasteiger partial charge on any atom is -0.445 e. The summed E-state index contributed by atoms with van der Waals surface area (Å²) in [5, 5.41) is 2.85. The lowest BCUT2D eigenvalue weighted by Gasteiger charge is -2.24. The highest BCUT2D eigenvalue weighted by molar-refractivity contribution is 5.86. The van der Waals surface area contributed by atoms with Crippen molar-refractivity contribution in [3.05, 3.63) is 35.9 Å². The van der Waals surface area contributed by atoms with Crippen LogP contribution in [0.15, 0.2) is 30.3 Å². The van der Waals surface area contributed by atoms with Gasteiger partial charge in [-0.15, -0.1) is 0 Å². The maximum atomic E-state index is 12.1. The highest BCUT2D eigenvalue weighted by Crippen LogP contribution is 2.19. The van der Waals surface area contributed by atoms with E-state index in [9.17, 15) is 9.59 Å². The first-order valence-corrected chi connectivity index (χ1v) is 7.35. The molecule has 0 aliphatic carbocycles. The smallest absolute Gasteiger partial charge is 0.410 e. The molecular weight excluding hydrogens is 268 g/mol. The normalized spacial score (nSPS) is 17.9. The van der Waals surface area contributed by atoms with E-state index in [0.29, 0.717) is 13.0 Å². The molecule has 1 aromatic carbocycles. The lowest BCUT2D eigenvalue weighted by molar-refractivity contribution is -0.125. The predicted molar refractivity (Wildman–Crippen MR) is 79.6 cm³/mol. The molecular formula is C16H22N2O3. The van der Waals surface area contributed by atoms with Gasteiger partial charge in [-0.05, 0) is 32.3 Å². The van der Waals surface area contributed by atoms with Crippen LogP contribution in [0.5, 0.6) is 0 Å². The van der Waals surface area contributed by atoms with Crippen LogP contribution in [0.25, 0.3) is 0 Å². The van der Waals surface area contributed by atoms with E-state index >= 15 is 0 Å². The zero-order chi connectivity index (χ0) is 15.2. The second-order valence-corrected chi connectivity index (χ2v) is 5.55. The van der Waals surface area contributed by atoms with Crippen molar-refractivity contribution >= 4 is 12.0 Å². The van der Waals surface area contributed by atoms with Crippen LogP contribution >= 0.6 is 0 Å². The molecule has 5 nitrogen and oxygen atoms in total. The number of nitrogens with one attached hydrogen (secondary N) is 1. The van der Waals surface area contributed by atoms with Crippen LogP contribution < -0.4 is 5.32 Å². The van der Waals surface area contributed by atoms with Gasteiger partial charge in [0, 0.05) is 12.6 Å². The fraction of sp³-hybridized carbons (Fsp3) is 0.500. The summed E-state index contributed by atoms with van der Waals surface area (Å²) < 4.78 is 5.30. The summed E-state index contributed by atoms with van der Waals surface area (Å²) in [5.74, 6) is -0.0980. The first kappa shape index (κ1) is 15.4. The van der Waals surface area contributed by atoms with E-state index in [1.165, 1.54) is 4.90 Å². The Morgan fingerprint density at radius 1 is 1.33 bits per heavy atom. The third-order valence-electron chi connectivity index (χ3n) is 3.43. The highest BCUT2D eigenvalue weighted by atomic mass is 16.6. The number of hydrogen-bond donors (Lipinski definition) is 1. The van der Waals surface area contributed by atoms with Crippen LogP contribution in [0.3, 0.4) is 0 Å². The van der Waals surface area contributed by atoms with Gasteiger partial charge in [0.15, 0.2) is 0 Å². The number of ether oxygens (including phenoxy) is 1. The third-order valence-corrected chi connectivity index (χ3v) is 3.43. The van der Waals surface area contributed by atoms with Crippen molar-refractivity contribution in [2.75, 3.05) is 6.54 Å². The monoisotopic (exact) mass is 290 g/mol. The maximum absolute atomic E-state index is 12.1. The Bertz CT molecular complexity index is 488. The molecule has 2 rings (SSSR count). The average molecular weight is 290 g/mol. The summed E-state index contributed by atoms with van der Waals surface area (Å²) in [7, 11) is 0. The summed E-state index contributed by atoms with van der Waals surface area (Å²) in [5.41, 5.74) is 0.938. The molecule has 1 N–H and O–H groups in total. The van der Waals surface area contributed by atoms with Crippen LogP contribution in [0.4, 0.5) is 4.79 Å². The maximum Gasteiger partial charge on any atom is 0.410 e. The lowest BCUT2D eigenvalue weighted by Crippen LogP contribution is -2.47. The molecule has 1 fully saturated rings. The molecule has 1 atom stereocenters. The van der Waals surface area contributed by atoms with Crippen molar-refractivity contribution in [1.82, 2.24) is 10.2 Å². The zero-order valence-electron chi connectivity index (χ0n) is 12.5.